The molecule has 1 amide bonds. The molecule has 3 heterocycles. The van der Waals surface area contributed by atoms with Gasteiger partial charge in [0.2, 0.25) is 11.5 Å². The van der Waals surface area contributed by atoms with Gasteiger partial charge in [-0.05, 0) is 68.1 Å². The summed E-state index contributed by atoms with van der Waals surface area (Å²) in [6.07, 6.45) is -0.131. The molecule has 10 nitrogen and oxygen atoms in total. The van der Waals surface area contributed by atoms with E-state index in [4.69, 9.17) is 13.6 Å². The van der Waals surface area contributed by atoms with Gasteiger partial charge < -0.3 is 18.7 Å². The number of carbonyl (C=O) groups is 2. The third-order valence-electron chi connectivity index (χ3n) is 5.83. The smallest absolute Gasteiger partial charge is 0.412 e. The molecule has 178 valence electrons. The van der Waals surface area contributed by atoms with Crippen LogP contribution in [0.3, 0.4) is 0 Å². The number of amides is 1. The summed E-state index contributed by atoms with van der Waals surface area (Å²) in [4.78, 5) is 32.8. The van der Waals surface area contributed by atoms with E-state index in [9.17, 15) is 14.7 Å². The van der Waals surface area contributed by atoms with Crippen molar-refractivity contribution >= 4 is 40.7 Å². The lowest BCUT2D eigenvalue weighted by Gasteiger charge is -2.16. The number of carboxylic acid groups (broad SMARTS) is 1. The van der Waals surface area contributed by atoms with E-state index in [0.717, 1.165) is 22.7 Å². The van der Waals surface area contributed by atoms with Crippen LogP contribution in [0.1, 0.15) is 59.3 Å². The number of rotatable bonds is 5. The lowest BCUT2D eigenvalue weighted by Crippen LogP contribution is -2.19. The molecular formula is C24H20N4O6S. The Hall–Kier alpha value is -4.17. The first kappa shape index (κ1) is 22.6. The van der Waals surface area contributed by atoms with Crippen LogP contribution in [0.4, 0.5) is 10.5 Å². The number of aromatic nitrogens is 3. The van der Waals surface area contributed by atoms with Crippen molar-refractivity contribution < 1.29 is 28.3 Å². The Balaban J connectivity index is 1.30. The van der Waals surface area contributed by atoms with Crippen molar-refractivity contribution in [2.45, 2.75) is 45.1 Å². The van der Waals surface area contributed by atoms with Crippen molar-refractivity contribution in [2.24, 2.45) is 0 Å². The predicted octanol–water partition coefficient (Wildman–Crippen LogP) is 4.71. The molecule has 0 bridgehead atoms. The fourth-order valence-electron chi connectivity index (χ4n) is 3.66. The van der Waals surface area contributed by atoms with Crippen LogP contribution in [0.15, 0.2) is 33.1 Å². The van der Waals surface area contributed by atoms with Crippen molar-refractivity contribution in [3.63, 3.8) is 0 Å². The lowest BCUT2D eigenvalue weighted by atomic mass is 10.1. The minimum Gasteiger partial charge on any atom is -0.480 e. The highest BCUT2D eigenvalue weighted by Crippen LogP contribution is 2.48. The van der Waals surface area contributed by atoms with Gasteiger partial charge in [-0.2, -0.15) is 14.3 Å². The fourth-order valence-corrected chi connectivity index (χ4v) is 4.36. The maximum atomic E-state index is 12.5. The average Bonchev–Trinajstić information content (AvgIpc) is 3.25. The van der Waals surface area contributed by atoms with Gasteiger partial charge >= 0.3 is 17.8 Å². The summed E-state index contributed by atoms with van der Waals surface area (Å²) < 4.78 is 20.8. The highest BCUT2D eigenvalue weighted by molar-refractivity contribution is 7.07. The van der Waals surface area contributed by atoms with E-state index in [1.54, 1.807) is 13.8 Å². The van der Waals surface area contributed by atoms with Crippen molar-refractivity contribution in [1.29, 1.82) is 0 Å². The largest absolute Gasteiger partial charge is 0.480 e. The third-order valence-corrected chi connectivity index (χ3v) is 6.68. The Morgan fingerprint density at radius 1 is 1.20 bits per heavy atom. The van der Waals surface area contributed by atoms with E-state index in [2.05, 4.69) is 31.5 Å². The van der Waals surface area contributed by atoms with E-state index in [0.29, 0.717) is 29.1 Å². The minimum atomic E-state index is -1.08. The molecule has 2 N–H and O–H groups in total. The standard InChI is InChI=1S/C24H20N4O6S/c1-12-6-4-5-7-15(12)14(3)32-23(31)26-18-13(2)28-35-16(18)8-9-17-25-19-20(33-17)34-21(27-19)24(10-11-24)22(29)30/h4-7,14H,10-11H2,1-3H3,(H,26,31)(H,29,30). The van der Waals surface area contributed by atoms with Crippen molar-refractivity contribution in [3.8, 4) is 11.8 Å². The normalized spacial score (nSPS) is 14.7. The first-order chi connectivity index (χ1) is 16.8. The molecule has 35 heavy (non-hydrogen) atoms. The zero-order chi connectivity index (χ0) is 24.7. The van der Waals surface area contributed by atoms with Crippen molar-refractivity contribution in [3.05, 3.63) is 57.7 Å². The lowest BCUT2D eigenvalue weighted by molar-refractivity contribution is -0.140. The van der Waals surface area contributed by atoms with Crippen LogP contribution < -0.4 is 5.32 Å². The number of hydrogen-bond donors (Lipinski definition) is 2. The number of aliphatic carboxylic acids is 1. The van der Waals surface area contributed by atoms with Crippen LogP contribution in [0.25, 0.3) is 11.4 Å². The molecule has 0 spiro atoms. The molecule has 1 saturated carbocycles. The molecule has 11 heteroatoms. The van der Waals surface area contributed by atoms with E-state index in [1.165, 1.54) is 0 Å². The minimum absolute atomic E-state index is 0.0180. The van der Waals surface area contributed by atoms with Crippen LogP contribution in [0.2, 0.25) is 0 Å². The quantitative estimate of drug-likeness (QED) is 0.379. The summed E-state index contributed by atoms with van der Waals surface area (Å²) in [5, 5.41) is 12.1. The van der Waals surface area contributed by atoms with Crippen LogP contribution in [-0.2, 0) is 14.9 Å². The van der Waals surface area contributed by atoms with Gasteiger partial charge in [0.1, 0.15) is 16.4 Å². The Kier molecular flexibility index (Phi) is 5.53. The Morgan fingerprint density at radius 2 is 1.97 bits per heavy atom. The number of carboxylic acids is 1. The van der Waals surface area contributed by atoms with Gasteiger partial charge in [0, 0.05) is 0 Å². The molecule has 0 aliphatic heterocycles. The molecule has 1 fully saturated rings. The topological polar surface area (TPSA) is 141 Å². The molecule has 1 aliphatic rings. The van der Waals surface area contributed by atoms with Crippen LogP contribution in [-0.4, -0.2) is 31.5 Å². The maximum absolute atomic E-state index is 12.5. The second kappa shape index (κ2) is 8.56. The summed E-state index contributed by atoms with van der Waals surface area (Å²) in [6, 6.07) is 7.70. The zero-order valence-electron chi connectivity index (χ0n) is 19.0. The number of aryl methyl sites for hydroxylation is 2. The van der Waals surface area contributed by atoms with Gasteiger partial charge in [-0.15, -0.1) is 0 Å². The number of nitrogens with zero attached hydrogens (tertiary/aromatic N) is 3. The fraction of sp³-hybridized carbons (Fsp3) is 0.292. The highest BCUT2D eigenvalue weighted by atomic mass is 32.1. The summed E-state index contributed by atoms with van der Waals surface area (Å²) in [7, 11) is 0. The van der Waals surface area contributed by atoms with Gasteiger partial charge in [-0.25, -0.2) is 4.79 Å². The molecule has 1 unspecified atom stereocenters. The van der Waals surface area contributed by atoms with E-state index in [-0.39, 0.29) is 23.2 Å². The second-order valence-corrected chi connectivity index (χ2v) is 9.06. The average molecular weight is 493 g/mol. The van der Waals surface area contributed by atoms with Gasteiger partial charge in [0.15, 0.2) is 0 Å². The summed E-state index contributed by atoms with van der Waals surface area (Å²) in [5.74, 6) is 4.84. The highest BCUT2D eigenvalue weighted by Gasteiger charge is 2.56. The SMILES string of the molecule is Cc1ccccc1C(C)OC(=O)Nc1c(C)nsc1C#Cc1nc2nc(C3(C(=O)O)CC3)oc2o1. The van der Waals surface area contributed by atoms with Crippen LogP contribution >= 0.6 is 11.5 Å². The number of nitrogens with one attached hydrogen (secondary N) is 1. The van der Waals surface area contributed by atoms with Gasteiger partial charge in [-0.3, -0.25) is 10.1 Å². The number of fused-ring (bicyclic) bond motifs is 1. The molecule has 5 rings (SSSR count). The maximum Gasteiger partial charge on any atom is 0.412 e. The van der Waals surface area contributed by atoms with E-state index in [1.807, 2.05) is 31.2 Å². The monoisotopic (exact) mass is 492 g/mol. The predicted molar refractivity (Wildman–Crippen MR) is 125 cm³/mol. The Morgan fingerprint density at radius 3 is 2.66 bits per heavy atom. The molecule has 1 aromatic carbocycles. The number of carbonyl (C=O) groups excluding carboxylic acids is 1. The molecule has 1 atom stereocenters. The third kappa shape index (κ3) is 4.24. The zero-order valence-corrected chi connectivity index (χ0v) is 19.9. The number of anilines is 1. The molecule has 1 aliphatic carbocycles. The Bertz CT molecular complexity index is 1490. The second-order valence-electron chi connectivity index (χ2n) is 8.29. The first-order valence-electron chi connectivity index (χ1n) is 10.8. The molecule has 3 aromatic heterocycles. The van der Waals surface area contributed by atoms with Crippen molar-refractivity contribution in [2.75, 3.05) is 5.32 Å². The first-order valence-corrected chi connectivity index (χ1v) is 11.6. The van der Waals surface area contributed by atoms with Crippen LogP contribution in [0, 0.1) is 25.7 Å². The van der Waals surface area contributed by atoms with Gasteiger partial charge in [-0.1, -0.05) is 24.3 Å². The molecule has 0 radical (unpaired) electrons. The Labute approximate surface area is 203 Å². The van der Waals surface area contributed by atoms with Crippen molar-refractivity contribution in [1.82, 2.24) is 14.3 Å². The molecular weight excluding hydrogens is 472 g/mol. The number of ether oxygens (including phenoxy) is 1. The number of benzene rings is 1. The van der Waals surface area contributed by atoms with Gasteiger partial charge in [0.05, 0.1) is 11.4 Å². The molecule has 0 saturated heterocycles. The summed E-state index contributed by atoms with van der Waals surface area (Å²) >= 11 is 1.11. The summed E-state index contributed by atoms with van der Waals surface area (Å²) in [6.45, 7) is 5.52. The molecule has 4 aromatic rings. The van der Waals surface area contributed by atoms with Gasteiger partial charge in [0.25, 0.3) is 5.89 Å². The van der Waals surface area contributed by atoms with Crippen LogP contribution in [0.5, 0.6) is 0 Å². The van der Waals surface area contributed by atoms with E-state index >= 15 is 0 Å². The van der Waals surface area contributed by atoms with E-state index < -0.39 is 23.6 Å². The summed E-state index contributed by atoms with van der Waals surface area (Å²) in [5.41, 5.74) is 2.06. The number of oxazole rings is 2. The number of hydrogen-bond acceptors (Lipinski definition) is 9.